The molecule has 10 heteroatoms. The Morgan fingerprint density at radius 1 is 1.06 bits per heavy atom. The Balaban J connectivity index is 1.94. The number of carboxylic acid groups (broad SMARTS) is 1. The quantitative estimate of drug-likeness (QED) is 0.417. The minimum absolute atomic E-state index is 0.0545. The van der Waals surface area contributed by atoms with E-state index in [4.69, 9.17) is 46.4 Å². The van der Waals surface area contributed by atoms with E-state index in [0.29, 0.717) is 28.6 Å². The Morgan fingerprint density at radius 2 is 1.73 bits per heavy atom. The third kappa shape index (κ3) is 4.21. The number of imidazole rings is 1. The Labute approximate surface area is 210 Å². The van der Waals surface area contributed by atoms with Crippen LogP contribution in [0.3, 0.4) is 0 Å². The first-order chi connectivity index (χ1) is 15.6. The van der Waals surface area contributed by atoms with Crippen LogP contribution < -0.4 is 0 Å². The predicted octanol–water partition coefficient (Wildman–Crippen LogP) is 6.56. The summed E-state index contributed by atoms with van der Waals surface area (Å²) in [5, 5.41) is 10.5. The van der Waals surface area contributed by atoms with Crippen LogP contribution in [0.4, 0.5) is 0 Å². The summed E-state index contributed by atoms with van der Waals surface area (Å²) in [6.45, 7) is 4.33. The molecular weight excluding hydrogens is 508 g/mol. The van der Waals surface area contributed by atoms with Crippen molar-refractivity contribution in [3.63, 3.8) is 0 Å². The van der Waals surface area contributed by atoms with Crippen LogP contribution in [-0.4, -0.2) is 38.0 Å². The molecule has 1 aromatic heterocycles. The second-order valence-electron chi connectivity index (χ2n) is 7.99. The first-order valence-electron chi connectivity index (χ1n) is 10.1. The number of rotatable bonds is 4. The Kier molecular flexibility index (Phi) is 6.65. The molecule has 0 saturated heterocycles. The Bertz CT molecular complexity index is 1270. The molecule has 1 unspecified atom stereocenters. The van der Waals surface area contributed by atoms with Crippen molar-refractivity contribution >= 4 is 58.3 Å². The van der Waals surface area contributed by atoms with Crippen LogP contribution in [0.25, 0.3) is 0 Å². The third-order valence-electron chi connectivity index (χ3n) is 5.69. The molecule has 1 amide bonds. The number of nitrogens with zero attached hydrogens (tertiary/aromatic N) is 3. The van der Waals surface area contributed by atoms with Crippen molar-refractivity contribution in [2.75, 3.05) is 6.54 Å². The predicted molar refractivity (Wildman–Crippen MR) is 129 cm³/mol. The zero-order valence-corrected chi connectivity index (χ0v) is 20.7. The lowest BCUT2D eigenvalue weighted by molar-refractivity contribution is 0.0648. The van der Waals surface area contributed by atoms with E-state index in [1.807, 2.05) is 18.4 Å². The number of benzene rings is 2. The number of amides is 1. The van der Waals surface area contributed by atoms with E-state index in [1.54, 1.807) is 29.4 Å². The molecule has 2 heterocycles. The van der Waals surface area contributed by atoms with Gasteiger partial charge in [0.15, 0.2) is 0 Å². The average Bonchev–Trinajstić information content (AvgIpc) is 3.21. The first-order valence-corrected chi connectivity index (χ1v) is 11.7. The zero-order chi connectivity index (χ0) is 24.0. The highest BCUT2D eigenvalue weighted by Gasteiger charge is 2.38. The van der Waals surface area contributed by atoms with E-state index in [1.165, 1.54) is 12.1 Å². The molecule has 1 N–H and O–H groups in total. The molecule has 0 bridgehead atoms. The third-order valence-corrected chi connectivity index (χ3v) is 7.24. The number of halogens is 4. The molecule has 3 aromatic rings. The first kappa shape index (κ1) is 23.9. The van der Waals surface area contributed by atoms with Gasteiger partial charge in [-0.05, 0) is 32.0 Å². The van der Waals surface area contributed by atoms with Gasteiger partial charge in [-0.2, -0.15) is 0 Å². The summed E-state index contributed by atoms with van der Waals surface area (Å²) in [5.74, 6) is -1.78. The summed E-state index contributed by atoms with van der Waals surface area (Å²) >= 11 is 25.1. The minimum Gasteiger partial charge on any atom is -0.478 e. The van der Waals surface area contributed by atoms with Gasteiger partial charge in [0.05, 0.1) is 48.9 Å². The molecule has 172 valence electrons. The molecule has 0 spiro atoms. The van der Waals surface area contributed by atoms with Gasteiger partial charge in [0.1, 0.15) is 6.04 Å². The highest BCUT2D eigenvalue weighted by atomic mass is 35.5. The standard InChI is InChI=1S/C23H19Cl4N3O3/c1-11(2)30-10-28-18-6-7-29(20(21(18)30)12-4-3-5-15(24)19(12)27)22(31)13-8-16(25)17(26)9-14(13)23(32)33/h3-5,8-11,20H,6-7H2,1-2H3,(H,32,33). The lowest BCUT2D eigenvalue weighted by Crippen LogP contribution is -2.42. The van der Waals surface area contributed by atoms with Crippen LogP contribution in [0.2, 0.25) is 20.1 Å². The van der Waals surface area contributed by atoms with Crippen molar-refractivity contribution in [2.24, 2.45) is 0 Å². The number of aromatic carboxylic acids is 1. The molecule has 2 aromatic carbocycles. The molecule has 0 aliphatic carbocycles. The highest BCUT2D eigenvalue weighted by molar-refractivity contribution is 6.43. The number of carbonyl (C=O) groups excluding carboxylic acids is 1. The van der Waals surface area contributed by atoms with Crippen LogP contribution in [0.15, 0.2) is 36.7 Å². The van der Waals surface area contributed by atoms with Gasteiger partial charge in [0.25, 0.3) is 5.91 Å². The maximum Gasteiger partial charge on any atom is 0.336 e. The van der Waals surface area contributed by atoms with Gasteiger partial charge in [-0.25, -0.2) is 9.78 Å². The Hall–Kier alpha value is -2.25. The smallest absolute Gasteiger partial charge is 0.336 e. The van der Waals surface area contributed by atoms with Crippen molar-refractivity contribution in [3.8, 4) is 0 Å². The molecule has 4 rings (SSSR count). The molecule has 0 saturated carbocycles. The molecule has 0 fully saturated rings. The summed E-state index contributed by atoms with van der Waals surface area (Å²) in [5.41, 5.74) is 2.00. The van der Waals surface area contributed by atoms with Crippen molar-refractivity contribution in [1.29, 1.82) is 0 Å². The van der Waals surface area contributed by atoms with Crippen LogP contribution in [0.1, 0.15) is 63.6 Å². The van der Waals surface area contributed by atoms with E-state index in [9.17, 15) is 14.7 Å². The van der Waals surface area contributed by atoms with Gasteiger partial charge < -0.3 is 14.6 Å². The van der Waals surface area contributed by atoms with Gasteiger partial charge >= 0.3 is 5.97 Å². The van der Waals surface area contributed by atoms with Gasteiger partial charge in [0, 0.05) is 24.6 Å². The molecule has 0 radical (unpaired) electrons. The van der Waals surface area contributed by atoms with Gasteiger partial charge in [0.2, 0.25) is 0 Å². The number of carboxylic acids is 1. The summed E-state index contributed by atoms with van der Waals surface area (Å²) in [6.07, 6.45) is 2.25. The SMILES string of the molecule is CC(C)n1cnc2c1C(c1cccc(Cl)c1Cl)N(C(=O)c1cc(Cl)c(Cl)cc1C(=O)O)CC2. The second-order valence-corrected chi connectivity index (χ2v) is 9.59. The molecule has 1 atom stereocenters. The fourth-order valence-electron chi connectivity index (χ4n) is 4.14. The summed E-state index contributed by atoms with van der Waals surface area (Å²) < 4.78 is 1.99. The fourth-order valence-corrected chi connectivity index (χ4v) is 4.88. The normalized spacial score (nSPS) is 15.6. The Morgan fingerprint density at radius 3 is 2.36 bits per heavy atom. The van der Waals surface area contributed by atoms with Crippen LogP contribution in [0, 0.1) is 0 Å². The van der Waals surface area contributed by atoms with Crippen LogP contribution >= 0.6 is 46.4 Å². The van der Waals surface area contributed by atoms with Crippen molar-refractivity contribution < 1.29 is 14.7 Å². The number of carbonyl (C=O) groups is 2. The van der Waals surface area contributed by atoms with Crippen LogP contribution in [0.5, 0.6) is 0 Å². The lowest BCUT2D eigenvalue weighted by Gasteiger charge is -2.38. The number of aromatic nitrogens is 2. The van der Waals surface area contributed by atoms with Gasteiger partial charge in [-0.1, -0.05) is 58.5 Å². The van der Waals surface area contributed by atoms with E-state index in [0.717, 1.165) is 11.4 Å². The number of hydrogen-bond acceptors (Lipinski definition) is 3. The fraction of sp³-hybridized carbons (Fsp3) is 0.261. The summed E-state index contributed by atoms with van der Waals surface area (Å²) in [4.78, 5) is 31.9. The minimum atomic E-state index is -1.28. The largest absolute Gasteiger partial charge is 0.478 e. The highest BCUT2D eigenvalue weighted by Crippen LogP contribution is 2.42. The number of hydrogen-bond donors (Lipinski definition) is 1. The maximum atomic E-state index is 13.8. The van der Waals surface area contributed by atoms with E-state index >= 15 is 0 Å². The van der Waals surface area contributed by atoms with E-state index < -0.39 is 17.9 Å². The van der Waals surface area contributed by atoms with Crippen molar-refractivity contribution in [1.82, 2.24) is 14.5 Å². The van der Waals surface area contributed by atoms with Crippen molar-refractivity contribution in [2.45, 2.75) is 32.4 Å². The van der Waals surface area contributed by atoms with Crippen molar-refractivity contribution in [3.05, 3.63) is 84.8 Å². The second kappa shape index (κ2) is 9.18. The monoisotopic (exact) mass is 525 g/mol. The zero-order valence-electron chi connectivity index (χ0n) is 17.7. The lowest BCUT2D eigenvalue weighted by atomic mass is 9.93. The average molecular weight is 527 g/mol. The maximum absolute atomic E-state index is 13.8. The molecular formula is C23H19Cl4N3O3. The summed E-state index contributed by atoms with van der Waals surface area (Å²) in [7, 11) is 0. The van der Waals surface area contributed by atoms with E-state index in [-0.39, 0.29) is 27.2 Å². The topological polar surface area (TPSA) is 75.4 Å². The van der Waals surface area contributed by atoms with Crippen LogP contribution in [-0.2, 0) is 6.42 Å². The molecule has 1 aliphatic heterocycles. The van der Waals surface area contributed by atoms with Gasteiger partial charge in [-0.15, -0.1) is 0 Å². The van der Waals surface area contributed by atoms with E-state index in [2.05, 4.69) is 4.98 Å². The summed E-state index contributed by atoms with van der Waals surface area (Å²) in [6, 6.07) is 7.16. The number of fused-ring (bicyclic) bond motifs is 1. The molecule has 1 aliphatic rings. The molecule has 6 nitrogen and oxygen atoms in total. The van der Waals surface area contributed by atoms with Gasteiger partial charge in [-0.3, -0.25) is 4.79 Å². The molecule has 33 heavy (non-hydrogen) atoms.